The maximum absolute atomic E-state index is 11.0. The quantitative estimate of drug-likeness (QED) is 0.719. The minimum Gasteiger partial charge on any atom is -0.358 e. The van der Waals surface area contributed by atoms with Gasteiger partial charge in [0.25, 0.3) is 0 Å². The van der Waals surface area contributed by atoms with Crippen LogP contribution in [-0.4, -0.2) is 29.1 Å². The molecule has 0 bridgehead atoms. The van der Waals surface area contributed by atoms with Crippen LogP contribution in [0.2, 0.25) is 0 Å². The molecular formula is C10H16N4O. The molecule has 0 atom stereocenters. The third-order valence-electron chi connectivity index (χ3n) is 2.56. The largest absolute Gasteiger partial charge is 0.358 e. The van der Waals surface area contributed by atoms with Crippen molar-refractivity contribution in [3.8, 4) is 0 Å². The zero-order valence-corrected chi connectivity index (χ0v) is 8.86. The number of hydrogen-bond donors (Lipinski definition) is 2. The molecule has 0 spiro atoms. The minimum atomic E-state index is 0.00693. The lowest BCUT2D eigenvalue weighted by atomic mass is 10.4. The van der Waals surface area contributed by atoms with Gasteiger partial charge in [0, 0.05) is 25.8 Å². The fourth-order valence-corrected chi connectivity index (χ4v) is 1.54. The number of aromatic nitrogens is 2. The van der Waals surface area contributed by atoms with Crippen molar-refractivity contribution >= 4 is 5.91 Å². The van der Waals surface area contributed by atoms with Crippen molar-refractivity contribution in [1.82, 2.24) is 20.2 Å². The van der Waals surface area contributed by atoms with Gasteiger partial charge in [0.2, 0.25) is 5.91 Å². The van der Waals surface area contributed by atoms with Gasteiger partial charge in [-0.05, 0) is 12.8 Å². The molecule has 0 radical (unpaired) electrons. The van der Waals surface area contributed by atoms with Crippen molar-refractivity contribution in [3.63, 3.8) is 0 Å². The summed E-state index contributed by atoms with van der Waals surface area (Å²) >= 11 is 0. The molecule has 0 aliphatic heterocycles. The van der Waals surface area contributed by atoms with Gasteiger partial charge in [-0.25, -0.2) is 4.98 Å². The lowest BCUT2D eigenvalue weighted by Gasteiger charge is -2.07. The SMILES string of the molecule is CNC(=O)CNCc1cncn1C1CC1. The number of rotatable bonds is 5. The van der Waals surface area contributed by atoms with E-state index < -0.39 is 0 Å². The minimum absolute atomic E-state index is 0.00693. The number of nitrogens with one attached hydrogen (secondary N) is 2. The maximum Gasteiger partial charge on any atom is 0.233 e. The first-order valence-corrected chi connectivity index (χ1v) is 5.23. The fraction of sp³-hybridized carbons (Fsp3) is 0.600. The van der Waals surface area contributed by atoms with Crippen molar-refractivity contribution in [3.05, 3.63) is 18.2 Å². The van der Waals surface area contributed by atoms with Crippen molar-refractivity contribution in [2.45, 2.75) is 25.4 Å². The molecule has 0 aromatic carbocycles. The zero-order valence-electron chi connectivity index (χ0n) is 8.86. The van der Waals surface area contributed by atoms with Gasteiger partial charge in [-0.2, -0.15) is 0 Å². The van der Waals surface area contributed by atoms with Gasteiger partial charge < -0.3 is 15.2 Å². The van der Waals surface area contributed by atoms with Gasteiger partial charge in [0.15, 0.2) is 0 Å². The zero-order chi connectivity index (χ0) is 10.7. The summed E-state index contributed by atoms with van der Waals surface area (Å²) in [5.41, 5.74) is 1.15. The number of amides is 1. The van der Waals surface area contributed by atoms with Crippen LogP contribution in [0.25, 0.3) is 0 Å². The molecule has 15 heavy (non-hydrogen) atoms. The van der Waals surface area contributed by atoms with Gasteiger partial charge in [-0.15, -0.1) is 0 Å². The molecule has 1 amide bonds. The number of carbonyl (C=O) groups is 1. The smallest absolute Gasteiger partial charge is 0.233 e. The highest BCUT2D eigenvalue weighted by molar-refractivity contribution is 5.77. The monoisotopic (exact) mass is 208 g/mol. The van der Waals surface area contributed by atoms with Crippen LogP contribution in [0, 0.1) is 0 Å². The molecule has 1 saturated carbocycles. The lowest BCUT2D eigenvalue weighted by Crippen LogP contribution is -2.31. The average Bonchev–Trinajstić information content (AvgIpc) is 2.99. The normalized spacial score (nSPS) is 15.3. The van der Waals surface area contributed by atoms with Crippen LogP contribution in [0.5, 0.6) is 0 Å². The molecule has 1 aromatic heterocycles. The Morgan fingerprint density at radius 1 is 1.67 bits per heavy atom. The van der Waals surface area contributed by atoms with Crippen LogP contribution in [0.15, 0.2) is 12.5 Å². The van der Waals surface area contributed by atoms with Gasteiger partial charge in [-0.1, -0.05) is 0 Å². The highest BCUT2D eigenvalue weighted by Crippen LogP contribution is 2.35. The predicted molar refractivity (Wildman–Crippen MR) is 56.3 cm³/mol. The molecule has 1 aromatic rings. The number of carbonyl (C=O) groups excluding carboxylic acids is 1. The molecular weight excluding hydrogens is 192 g/mol. The van der Waals surface area contributed by atoms with Gasteiger partial charge >= 0.3 is 0 Å². The van der Waals surface area contributed by atoms with Gasteiger partial charge in [0.1, 0.15) is 0 Å². The number of hydrogen-bond acceptors (Lipinski definition) is 3. The molecule has 0 saturated heterocycles. The highest BCUT2D eigenvalue weighted by Gasteiger charge is 2.24. The van der Waals surface area contributed by atoms with Crippen molar-refractivity contribution in [1.29, 1.82) is 0 Å². The Morgan fingerprint density at radius 2 is 2.47 bits per heavy atom. The maximum atomic E-state index is 11.0. The summed E-state index contributed by atoms with van der Waals surface area (Å²) < 4.78 is 2.19. The predicted octanol–water partition coefficient (Wildman–Crippen LogP) is 0.0536. The van der Waals surface area contributed by atoms with Crippen LogP contribution in [0.4, 0.5) is 0 Å². The Kier molecular flexibility index (Phi) is 3.01. The van der Waals surface area contributed by atoms with Crippen molar-refractivity contribution in [2.24, 2.45) is 0 Å². The van der Waals surface area contributed by atoms with Crippen LogP contribution < -0.4 is 10.6 Å². The van der Waals surface area contributed by atoms with E-state index in [9.17, 15) is 4.79 Å². The fourth-order valence-electron chi connectivity index (χ4n) is 1.54. The second-order valence-corrected chi connectivity index (χ2v) is 3.80. The summed E-state index contributed by atoms with van der Waals surface area (Å²) in [5, 5.41) is 5.66. The highest BCUT2D eigenvalue weighted by atomic mass is 16.1. The van der Waals surface area contributed by atoms with E-state index in [-0.39, 0.29) is 5.91 Å². The standard InChI is InChI=1S/C10H16N4O/c1-11-10(15)6-12-4-9-5-13-7-14(9)8-2-3-8/h5,7-8,12H,2-4,6H2,1H3,(H,11,15). The Balaban J connectivity index is 1.82. The van der Waals surface area contributed by atoms with Gasteiger partial charge in [0.05, 0.1) is 18.6 Å². The lowest BCUT2D eigenvalue weighted by molar-refractivity contribution is -0.119. The first-order valence-electron chi connectivity index (χ1n) is 5.23. The molecule has 2 N–H and O–H groups in total. The third kappa shape index (κ3) is 2.56. The Morgan fingerprint density at radius 3 is 3.13 bits per heavy atom. The summed E-state index contributed by atoms with van der Waals surface area (Å²) in [6.45, 7) is 1.05. The number of imidazole rings is 1. The first kappa shape index (κ1) is 10.2. The number of likely N-dealkylation sites (N-methyl/N-ethyl adjacent to an activating group) is 1. The molecule has 1 aliphatic carbocycles. The molecule has 1 heterocycles. The molecule has 1 aliphatic rings. The molecule has 1 fully saturated rings. The third-order valence-corrected chi connectivity index (χ3v) is 2.56. The summed E-state index contributed by atoms with van der Waals surface area (Å²) in [6, 6.07) is 0.643. The van der Waals surface area contributed by atoms with Crippen LogP contribution in [0.3, 0.4) is 0 Å². The molecule has 82 valence electrons. The van der Waals surface area contributed by atoms with E-state index in [1.807, 2.05) is 12.5 Å². The van der Waals surface area contributed by atoms with E-state index in [4.69, 9.17) is 0 Å². The Hall–Kier alpha value is -1.36. The molecule has 2 rings (SSSR count). The summed E-state index contributed by atoms with van der Waals surface area (Å²) in [4.78, 5) is 15.1. The Bertz CT molecular complexity index is 343. The number of nitrogens with zero attached hydrogens (tertiary/aromatic N) is 2. The topological polar surface area (TPSA) is 59.0 Å². The second kappa shape index (κ2) is 4.44. The van der Waals surface area contributed by atoms with E-state index in [0.29, 0.717) is 19.1 Å². The average molecular weight is 208 g/mol. The van der Waals surface area contributed by atoms with Crippen LogP contribution in [0.1, 0.15) is 24.6 Å². The van der Waals surface area contributed by atoms with E-state index in [2.05, 4.69) is 20.2 Å². The van der Waals surface area contributed by atoms with Gasteiger partial charge in [-0.3, -0.25) is 4.79 Å². The van der Waals surface area contributed by atoms with E-state index >= 15 is 0 Å². The molecule has 5 nitrogen and oxygen atoms in total. The second-order valence-electron chi connectivity index (χ2n) is 3.80. The van der Waals surface area contributed by atoms with E-state index in [0.717, 1.165) is 5.69 Å². The molecule has 5 heteroatoms. The summed E-state index contributed by atoms with van der Waals surface area (Å²) in [7, 11) is 1.64. The summed E-state index contributed by atoms with van der Waals surface area (Å²) in [6.07, 6.45) is 6.22. The van der Waals surface area contributed by atoms with Crippen LogP contribution in [-0.2, 0) is 11.3 Å². The van der Waals surface area contributed by atoms with Crippen molar-refractivity contribution in [2.75, 3.05) is 13.6 Å². The first-order chi connectivity index (χ1) is 7.31. The van der Waals surface area contributed by atoms with Crippen molar-refractivity contribution < 1.29 is 4.79 Å². The summed E-state index contributed by atoms with van der Waals surface area (Å²) in [5.74, 6) is 0.00693. The van der Waals surface area contributed by atoms with E-state index in [1.165, 1.54) is 12.8 Å². The van der Waals surface area contributed by atoms with Crippen LogP contribution >= 0.6 is 0 Å². The van der Waals surface area contributed by atoms with E-state index in [1.54, 1.807) is 7.05 Å². The molecule has 0 unspecified atom stereocenters. The Labute approximate surface area is 88.9 Å².